The first-order chi connectivity index (χ1) is 16.2. The van der Waals surface area contributed by atoms with Gasteiger partial charge in [0, 0.05) is 29.6 Å². The Morgan fingerprint density at radius 3 is 2.68 bits per heavy atom. The van der Waals surface area contributed by atoms with Crippen molar-refractivity contribution in [2.45, 2.75) is 38.5 Å². The van der Waals surface area contributed by atoms with Crippen LogP contribution in [0.5, 0.6) is 5.75 Å². The van der Waals surface area contributed by atoms with E-state index in [1.54, 1.807) is 36.7 Å². The Morgan fingerprint density at radius 1 is 1.21 bits per heavy atom. The molecule has 0 bridgehead atoms. The molecule has 0 saturated carbocycles. The summed E-state index contributed by atoms with van der Waals surface area (Å²) in [6.07, 6.45) is 0.873. The average Bonchev–Trinajstić information content (AvgIpc) is 3.15. The van der Waals surface area contributed by atoms with Crippen LogP contribution < -0.4 is 15.4 Å². The van der Waals surface area contributed by atoms with E-state index in [-0.39, 0.29) is 5.96 Å². The molecule has 0 saturated heterocycles. The average molecular weight is 456 g/mol. The normalized spacial score (nSPS) is 18.7. The van der Waals surface area contributed by atoms with Gasteiger partial charge in [0.15, 0.2) is 6.19 Å². The molecule has 2 atom stereocenters. The van der Waals surface area contributed by atoms with E-state index in [2.05, 4.69) is 26.8 Å². The van der Waals surface area contributed by atoms with Crippen molar-refractivity contribution in [3.63, 3.8) is 0 Å². The zero-order valence-corrected chi connectivity index (χ0v) is 19.4. The van der Waals surface area contributed by atoms with Crippen molar-refractivity contribution in [2.75, 3.05) is 5.32 Å². The van der Waals surface area contributed by atoms with Crippen molar-refractivity contribution in [1.29, 1.82) is 10.5 Å². The van der Waals surface area contributed by atoms with Crippen LogP contribution in [0.25, 0.3) is 11.3 Å². The zero-order valence-electron chi connectivity index (χ0n) is 19.4. The Bertz CT molecular complexity index is 1320. The van der Waals surface area contributed by atoms with E-state index >= 15 is 0 Å². The summed E-state index contributed by atoms with van der Waals surface area (Å²) in [5, 5.41) is 39.9. The third kappa shape index (κ3) is 4.42. The summed E-state index contributed by atoms with van der Waals surface area (Å²) in [7, 11) is 1.89. The largest absolute Gasteiger partial charge is 0.485 e. The molecule has 34 heavy (non-hydrogen) atoms. The number of hydrogen-bond acceptors (Lipinski definition) is 6. The van der Waals surface area contributed by atoms with E-state index in [0.29, 0.717) is 22.6 Å². The molecular weight excluding hydrogens is 430 g/mol. The van der Waals surface area contributed by atoms with Gasteiger partial charge in [-0.25, -0.2) is 4.99 Å². The first kappa shape index (κ1) is 22.8. The molecule has 2 heterocycles. The molecule has 2 unspecified atom stereocenters. The predicted molar refractivity (Wildman–Crippen MR) is 128 cm³/mol. The molecule has 0 fully saturated rings. The number of anilines is 1. The molecule has 172 valence electrons. The van der Waals surface area contributed by atoms with Crippen LogP contribution in [0.1, 0.15) is 36.7 Å². The molecule has 0 aliphatic carbocycles. The summed E-state index contributed by atoms with van der Waals surface area (Å²) in [5.74, 6) is 0.693. The Balaban J connectivity index is 1.71. The van der Waals surface area contributed by atoms with Gasteiger partial charge in [-0.05, 0) is 57.2 Å². The van der Waals surface area contributed by atoms with Gasteiger partial charge in [-0.2, -0.15) is 15.6 Å². The molecule has 3 N–H and O–H groups in total. The third-order valence-electron chi connectivity index (χ3n) is 5.82. The number of rotatable bonds is 3. The highest BCUT2D eigenvalue weighted by atomic mass is 16.5. The van der Waals surface area contributed by atoms with Gasteiger partial charge < -0.3 is 15.2 Å². The van der Waals surface area contributed by atoms with Crippen molar-refractivity contribution >= 4 is 11.6 Å². The number of nitriles is 2. The van der Waals surface area contributed by atoms with Crippen molar-refractivity contribution in [3.8, 4) is 29.3 Å². The first-order valence-electron chi connectivity index (χ1n) is 10.7. The van der Waals surface area contributed by atoms with E-state index < -0.39 is 17.7 Å². The van der Waals surface area contributed by atoms with Crippen LogP contribution in [0.4, 0.5) is 5.69 Å². The molecule has 1 aromatic heterocycles. The van der Waals surface area contributed by atoms with Crippen LogP contribution in [0.2, 0.25) is 0 Å². The highest BCUT2D eigenvalue weighted by molar-refractivity contribution is 5.95. The van der Waals surface area contributed by atoms with Gasteiger partial charge in [0.05, 0.1) is 17.3 Å². The van der Waals surface area contributed by atoms with Crippen molar-refractivity contribution < 1.29 is 9.84 Å². The van der Waals surface area contributed by atoms with Gasteiger partial charge in [0.1, 0.15) is 23.5 Å². The maximum Gasteiger partial charge on any atom is 0.209 e. The predicted octanol–water partition coefficient (Wildman–Crippen LogP) is 3.38. The second kappa shape index (κ2) is 8.89. The summed E-state index contributed by atoms with van der Waals surface area (Å²) in [4.78, 5) is 4.65. The number of benzene rings is 2. The zero-order chi connectivity index (χ0) is 24.5. The number of hydrogen-bond donors (Lipinski definition) is 3. The van der Waals surface area contributed by atoms with Crippen molar-refractivity contribution in [1.82, 2.24) is 15.1 Å². The summed E-state index contributed by atoms with van der Waals surface area (Å²) >= 11 is 0. The number of aryl methyl sites for hydroxylation is 2. The number of aromatic nitrogens is 2. The molecule has 0 amide bonds. The van der Waals surface area contributed by atoms with Gasteiger partial charge in [-0.3, -0.25) is 10.00 Å². The lowest BCUT2D eigenvalue weighted by Crippen LogP contribution is -2.49. The van der Waals surface area contributed by atoms with Gasteiger partial charge in [-0.15, -0.1) is 0 Å². The van der Waals surface area contributed by atoms with E-state index in [4.69, 9.17) is 4.74 Å². The Labute approximate surface area is 197 Å². The number of fused-ring (bicyclic) bond motifs is 1. The van der Waals surface area contributed by atoms with Crippen LogP contribution in [0.15, 0.2) is 53.5 Å². The van der Waals surface area contributed by atoms with Crippen LogP contribution in [-0.4, -0.2) is 32.6 Å². The topological polar surface area (TPSA) is 131 Å². The van der Waals surface area contributed by atoms with Crippen molar-refractivity contribution in [3.05, 3.63) is 65.4 Å². The lowest BCUT2D eigenvalue weighted by molar-refractivity contribution is -0.0567. The smallest absolute Gasteiger partial charge is 0.209 e. The maximum atomic E-state index is 11.0. The second-order valence-electron chi connectivity index (χ2n) is 8.67. The summed E-state index contributed by atoms with van der Waals surface area (Å²) in [5.41, 5.74) is 3.53. The number of aliphatic hydroxyl groups is 1. The van der Waals surface area contributed by atoms with Gasteiger partial charge >= 0.3 is 0 Å². The van der Waals surface area contributed by atoms with E-state index in [1.807, 2.05) is 50.5 Å². The molecule has 2 aromatic carbocycles. The fourth-order valence-corrected chi connectivity index (χ4v) is 3.86. The Hall–Kier alpha value is -4.34. The number of aliphatic imine (C=N–C) groups is 1. The number of guanidine groups is 1. The van der Waals surface area contributed by atoms with Crippen LogP contribution in [-0.2, 0) is 7.05 Å². The number of ether oxygens (including phenoxy) is 1. The first-order valence-corrected chi connectivity index (χ1v) is 10.7. The summed E-state index contributed by atoms with van der Waals surface area (Å²) in [6, 6.07) is 15.9. The summed E-state index contributed by atoms with van der Waals surface area (Å²) < 4.78 is 7.76. The minimum atomic E-state index is -1.02. The monoisotopic (exact) mass is 455 g/mol. The molecule has 0 spiro atoms. The van der Waals surface area contributed by atoms with E-state index in [1.165, 1.54) is 0 Å². The molecule has 1 aliphatic heterocycles. The van der Waals surface area contributed by atoms with Crippen LogP contribution in [0.3, 0.4) is 0 Å². The highest BCUT2D eigenvalue weighted by Crippen LogP contribution is 2.42. The van der Waals surface area contributed by atoms with E-state index in [9.17, 15) is 15.6 Å². The second-order valence-corrected chi connectivity index (χ2v) is 8.67. The maximum absolute atomic E-state index is 11.0. The standard InChI is InChI=1S/C25H25N7O2/c1-15-10-20(31-32(15)4)17-6-5-7-18(12-17)29-24(28-14-27)30-22-19-11-16(13-26)8-9-21(19)34-25(2,3)23(22)33/h5-12,22-23,33H,1-4H3,(H2,28,29,30). The molecule has 9 heteroatoms. The molecule has 3 aromatic rings. The summed E-state index contributed by atoms with van der Waals surface area (Å²) in [6.45, 7) is 5.52. The highest BCUT2D eigenvalue weighted by Gasteiger charge is 2.43. The number of aliphatic hydroxyl groups excluding tert-OH is 1. The van der Waals surface area contributed by atoms with Crippen LogP contribution >= 0.6 is 0 Å². The van der Waals surface area contributed by atoms with Crippen molar-refractivity contribution in [2.24, 2.45) is 12.0 Å². The van der Waals surface area contributed by atoms with E-state index in [0.717, 1.165) is 17.0 Å². The number of nitrogens with one attached hydrogen (secondary N) is 2. The lowest BCUT2D eigenvalue weighted by Gasteiger charge is -2.40. The minimum Gasteiger partial charge on any atom is -0.485 e. The fourth-order valence-electron chi connectivity index (χ4n) is 3.86. The molecule has 9 nitrogen and oxygen atoms in total. The van der Waals surface area contributed by atoms with Crippen LogP contribution in [0, 0.1) is 29.7 Å². The van der Waals surface area contributed by atoms with Gasteiger partial charge in [-0.1, -0.05) is 12.1 Å². The molecule has 4 rings (SSSR count). The molecule has 0 radical (unpaired) electrons. The fraction of sp³-hybridized carbons (Fsp3) is 0.280. The SMILES string of the molecule is Cc1cc(-c2cccc(NC(=NC3c4cc(C#N)ccc4OC(C)(C)C3O)NC#N)c2)nn1C. The molecular formula is C25H25N7O2. The third-order valence-corrected chi connectivity index (χ3v) is 5.82. The Kier molecular flexibility index (Phi) is 5.97. The Morgan fingerprint density at radius 2 is 2.00 bits per heavy atom. The molecule has 1 aliphatic rings. The number of nitrogens with zero attached hydrogens (tertiary/aromatic N) is 5. The quantitative estimate of drug-likeness (QED) is 0.239. The van der Waals surface area contributed by atoms with Gasteiger partial charge in [0.2, 0.25) is 5.96 Å². The minimum absolute atomic E-state index is 0.159. The lowest BCUT2D eigenvalue weighted by atomic mass is 9.86. The van der Waals surface area contributed by atoms with Gasteiger partial charge in [0.25, 0.3) is 0 Å².